The quantitative estimate of drug-likeness (QED) is 0.448. The number of carbonyl (C=O) groups is 1. The third-order valence-electron chi connectivity index (χ3n) is 0.211. The molecule has 39 valence electrons. The summed E-state index contributed by atoms with van der Waals surface area (Å²) in [5.74, 6) is 0. The molecule has 0 saturated carbocycles. The Kier molecular flexibility index (Phi) is 7.76. The number of hydrogen-bond acceptors (Lipinski definition) is 1. The van der Waals surface area contributed by atoms with Crippen molar-refractivity contribution in [3.05, 3.63) is 0 Å². The molecule has 0 N–H and O–H groups in total. The Morgan fingerprint density at radius 2 is 1.67 bits per heavy atom. The number of amides is 1. The summed E-state index contributed by atoms with van der Waals surface area (Å²) >= 11 is 0. The first-order valence-corrected chi connectivity index (χ1v) is 1.39. The fourth-order valence-electron chi connectivity index (χ4n) is 0. The summed E-state index contributed by atoms with van der Waals surface area (Å²) in [5, 5.41) is 0. The Morgan fingerprint density at radius 3 is 1.67 bits per heavy atom. The van der Waals surface area contributed by atoms with Crippen LogP contribution in [0.25, 0.3) is 0 Å². The molecule has 0 heterocycles. The normalized spacial score (nSPS) is 5.67. The van der Waals surface area contributed by atoms with E-state index in [4.69, 9.17) is 0 Å². The van der Waals surface area contributed by atoms with E-state index in [1.807, 2.05) is 0 Å². The average molecular weight is 132 g/mol. The zero-order valence-corrected chi connectivity index (χ0v) is 4.81. The minimum atomic E-state index is 0. The van der Waals surface area contributed by atoms with Gasteiger partial charge in [-0.1, -0.05) is 0 Å². The molecular weight excluding hydrogens is 125 g/mol. The fraction of sp³-hybridized carbons (Fsp3) is 0.667. The van der Waals surface area contributed by atoms with Gasteiger partial charge in [-0.3, -0.25) is 4.79 Å². The largest absolute Gasteiger partial charge is 0.351 e. The Bertz CT molecular complexity index is 37.8. The van der Waals surface area contributed by atoms with Gasteiger partial charge in [0, 0.05) is 30.9 Å². The summed E-state index contributed by atoms with van der Waals surface area (Å²) in [7, 11) is 3.38. The van der Waals surface area contributed by atoms with Crippen LogP contribution in [0.4, 0.5) is 0 Å². The molecule has 1 radical (unpaired) electrons. The number of nitrogens with zero attached hydrogens (tertiary/aromatic N) is 1. The monoisotopic (exact) mass is 132 g/mol. The average Bonchev–Trinajstić information content (AvgIpc) is 1.38. The molecule has 0 aromatic rings. The van der Waals surface area contributed by atoms with E-state index in [2.05, 4.69) is 0 Å². The molecule has 0 aliphatic carbocycles. The molecule has 0 aliphatic rings. The van der Waals surface area contributed by atoms with Gasteiger partial charge in [0.25, 0.3) is 0 Å². The van der Waals surface area contributed by atoms with Gasteiger partial charge in [-0.15, -0.1) is 0 Å². The van der Waals surface area contributed by atoms with E-state index in [1.54, 1.807) is 14.1 Å². The molecule has 0 bridgehead atoms. The molecule has 0 aliphatic heterocycles. The second kappa shape index (κ2) is 4.98. The van der Waals surface area contributed by atoms with Crippen LogP contribution in [0.1, 0.15) is 0 Å². The summed E-state index contributed by atoms with van der Waals surface area (Å²) in [5.41, 5.74) is 0. The van der Waals surface area contributed by atoms with Gasteiger partial charge in [-0.05, 0) is 0 Å². The van der Waals surface area contributed by atoms with E-state index in [1.165, 1.54) is 4.90 Å². The zero-order valence-electron chi connectivity index (χ0n) is 3.77. The maximum atomic E-state index is 9.43. The summed E-state index contributed by atoms with van der Waals surface area (Å²) in [6.45, 7) is 0. The topological polar surface area (TPSA) is 20.3 Å². The number of hydrogen-bond donors (Lipinski definition) is 0. The molecule has 0 aromatic carbocycles. The van der Waals surface area contributed by atoms with E-state index < -0.39 is 0 Å². The van der Waals surface area contributed by atoms with Crippen LogP contribution in [-0.4, -0.2) is 25.4 Å². The van der Waals surface area contributed by atoms with E-state index >= 15 is 0 Å². The molecule has 2 nitrogen and oxygen atoms in total. The fourth-order valence-corrected chi connectivity index (χ4v) is 0. The smallest absolute Gasteiger partial charge is 0.209 e. The van der Waals surface area contributed by atoms with Gasteiger partial charge in [0.1, 0.15) is 0 Å². The van der Waals surface area contributed by atoms with Crippen molar-refractivity contribution >= 4 is 6.41 Å². The second-order valence-corrected chi connectivity index (χ2v) is 1.07. The number of rotatable bonds is 1. The van der Waals surface area contributed by atoms with E-state index in [9.17, 15) is 4.79 Å². The molecule has 0 aromatic heterocycles. The van der Waals surface area contributed by atoms with Crippen LogP contribution in [0.2, 0.25) is 0 Å². The minimum Gasteiger partial charge on any atom is -0.351 e. The van der Waals surface area contributed by atoms with E-state index in [0.717, 1.165) is 6.41 Å². The van der Waals surface area contributed by atoms with Crippen LogP contribution in [0.3, 0.4) is 0 Å². The van der Waals surface area contributed by atoms with Gasteiger partial charge in [-0.2, -0.15) is 0 Å². The molecule has 0 spiro atoms. The van der Waals surface area contributed by atoms with Crippen molar-refractivity contribution in [2.24, 2.45) is 0 Å². The first-order chi connectivity index (χ1) is 2.27. The van der Waals surface area contributed by atoms with Crippen LogP contribution < -0.4 is 0 Å². The van der Waals surface area contributed by atoms with Crippen molar-refractivity contribution in [3.63, 3.8) is 0 Å². The Morgan fingerprint density at radius 1 is 1.50 bits per heavy atom. The molecule has 0 saturated heterocycles. The van der Waals surface area contributed by atoms with Crippen molar-refractivity contribution in [2.75, 3.05) is 14.1 Å². The molecule has 1 amide bonds. The summed E-state index contributed by atoms with van der Waals surface area (Å²) < 4.78 is 0. The molecular formula is C3H7CoNO. The van der Waals surface area contributed by atoms with Crippen LogP contribution in [0.15, 0.2) is 0 Å². The molecule has 0 rings (SSSR count). The van der Waals surface area contributed by atoms with Crippen LogP contribution in [0, 0.1) is 0 Å². The SMILES string of the molecule is CN(C)C=O.[Co]. The minimum absolute atomic E-state index is 0. The summed E-state index contributed by atoms with van der Waals surface area (Å²) in [6, 6.07) is 0. The first kappa shape index (κ1) is 9.36. The molecule has 0 unspecified atom stereocenters. The Labute approximate surface area is 47.7 Å². The van der Waals surface area contributed by atoms with E-state index in [-0.39, 0.29) is 16.8 Å². The predicted octanol–water partition coefficient (Wildman–Crippen LogP) is -0.298. The first-order valence-electron chi connectivity index (χ1n) is 1.39. The van der Waals surface area contributed by atoms with Gasteiger partial charge in [0.15, 0.2) is 0 Å². The van der Waals surface area contributed by atoms with Crippen molar-refractivity contribution in [2.45, 2.75) is 0 Å². The standard InChI is InChI=1S/C3H7NO.Co/c1-4(2)3-5;/h3H,1-2H3;. The van der Waals surface area contributed by atoms with Crippen molar-refractivity contribution in [1.82, 2.24) is 4.90 Å². The van der Waals surface area contributed by atoms with E-state index in [0.29, 0.717) is 0 Å². The second-order valence-electron chi connectivity index (χ2n) is 1.07. The van der Waals surface area contributed by atoms with Gasteiger partial charge in [0.05, 0.1) is 0 Å². The third-order valence-corrected chi connectivity index (χ3v) is 0.211. The summed E-state index contributed by atoms with van der Waals surface area (Å²) in [6.07, 6.45) is 0.750. The molecule has 0 atom stereocenters. The molecule has 3 heteroatoms. The van der Waals surface area contributed by atoms with Crippen LogP contribution >= 0.6 is 0 Å². The molecule has 6 heavy (non-hydrogen) atoms. The summed E-state index contributed by atoms with van der Waals surface area (Å²) in [4.78, 5) is 10.9. The van der Waals surface area contributed by atoms with Crippen molar-refractivity contribution < 1.29 is 21.6 Å². The predicted molar refractivity (Wildman–Crippen MR) is 19.8 cm³/mol. The Balaban J connectivity index is 0. The van der Waals surface area contributed by atoms with Crippen molar-refractivity contribution in [1.29, 1.82) is 0 Å². The maximum Gasteiger partial charge on any atom is 0.209 e. The Hall–Kier alpha value is -0.0235. The van der Waals surface area contributed by atoms with Gasteiger partial charge < -0.3 is 4.90 Å². The maximum absolute atomic E-state index is 9.43. The number of carbonyl (C=O) groups excluding carboxylic acids is 1. The third kappa shape index (κ3) is 9.02. The molecule has 0 fully saturated rings. The van der Waals surface area contributed by atoms with Crippen LogP contribution in [-0.2, 0) is 21.6 Å². The van der Waals surface area contributed by atoms with Crippen molar-refractivity contribution in [3.8, 4) is 0 Å². The van der Waals surface area contributed by atoms with Crippen LogP contribution in [0.5, 0.6) is 0 Å². The van der Waals surface area contributed by atoms with Gasteiger partial charge in [0.2, 0.25) is 6.41 Å². The van der Waals surface area contributed by atoms with Gasteiger partial charge >= 0.3 is 0 Å². The van der Waals surface area contributed by atoms with Gasteiger partial charge in [-0.25, -0.2) is 0 Å². The zero-order chi connectivity index (χ0) is 4.28.